The van der Waals surface area contributed by atoms with Crippen molar-refractivity contribution in [1.29, 1.82) is 0 Å². The first kappa shape index (κ1) is 36.6. The maximum atomic E-state index is 12.8. The number of esters is 2. The molecule has 1 aromatic rings. The molecule has 16 atom stereocenters. The smallest absolute Gasteiger partial charge is 0.331 e. The normalized spacial score (nSPS) is 43.4. The number of aliphatic hydroxyl groups is 6. The number of rotatable bonds is 11. The van der Waals surface area contributed by atoms with Crippen molar-refractivity contribution >= 4 is 18.0 Å². The quantitative estimate of drug-likeness (QED) is 0.0835. The van der Waals surface area contributed by atoms with E-state index in [2.05, 4.69) is 0 Å². The maximum absolute atomic E-state index is 12.8. The van der Waals surface area contributed by atoms with Crippen molar-refractivity contribution in [2.75, 3.05) is 20.3 Å². The van der Waals surface area contributed by atoms with E-state index in [-0.39, 0.29) is 0 Å². The largest absolute Gasteiger partial charge is 0.497 e. The van der Waals surface area contributed by atoms with E-state index in [4.69, 9.17) is 42.6 Å². The molecule has 0 bridgehead atoms. The van der Waals surface area contributed by atoms with E-state index < -0.39 is 122 Å². The fourth-order valence-electron chi connectivity index (χ4n) is 7.10. The molecule has 1 aromatic carbocycles. The second-order valence-corrected chi connectivity index (χ2v) is 12.8. The van der Waals surface area contributed by atoms with Gasteiger partial charge < -0.3 is 73.3 Å². The van der Waals surface area contributed by atoms with Gasteiger partial charge in [0.2, 0.25) is 6.29 Å². The van der Waals surface area contributed by atoms with Gasteiger partial charge in [-0.2, -0.15) is 0 Å². The first-order chi connectivity index (χ1) is 23.9. The van der Waals surface area contributed by atoms with Crippen molar-refractivity contribution in [1.82, 2.24) is 0 Å². The highest BCUT2D eigenvalue weighted by Crippen LogP contribution is 2.61. The zero-order valence-corrected chi connectivity index (χ0v) is 27.4. The van der Waals surface area contributed by atoms with Crippen LogP contribution in [-0.4, -0.2) is 148 Å². The predicted molar refractivity (Wildman–Crippen MR) is 163 cm³/mol. The van der Waals surface area contributed by atoms with Crippen LogP contribution in [-0.2, 0) is 47.5 Å². The van der Waals surface area contributed by atoms with Gasteiger partial charge >= 0.3 is 11.9 Å². The number of hydrogen-bond acceptors (Lipinski definition) is 17. The molecule has 0 amide bonds. The minimum absolute atomic E-state index is 0.496. The molecule has 0 aromatic heterocycles. The highest BCUT2D eigenvalue weighted by Gasteiger charge is 2.77. The number of hydrogen-bond donors (Lipinski definition) is 6. The summed E-state index contributed by atoms with van der Waals surface area (Å²) in [5.41, 5.74) is -0.551. The van der Waals surface area contributed by atoms with Crippen molar-refractivity contribution in [3.05, 3.63) is 48.2 Å². The molecular weight excluding hydrogens is 668 g/mol. The molecule has 6 N–H and O–H groups in total. The highest BCUT2D eigenvalue weighted by molar-refractivity contribution is 5.87. The standard InChI is InChI=1S/C33H42O17/c1-14-26(47-20(37)9-6-16-4-7-17(42-3)8-5-16)25(41)28(45-15(2)36)32(44-14)48-27-18-10-11-43-30(21(18)33(13-35)29(27)50-33)49-31-24(40)23(39)22(38)19(12-34)46-31/h4-11,14,18-19,21-32,34-35,38-41H,12-13H2,1-3H3/b9-6+/t14-,18-,19+,21-,22+,23-,24-,25-,26-,27+,28-,29-,30+,31-,32+,33+/m0/s1. The molecule has 50 heavy (non-hydrogen) atoms. The van der Waals surface area contributed by atoms with Gasteiger partial charge in [-0.15, -0.1) is 0 Å². The van der Waals surface area contributed by atoms with E-state index >= 15 is 0 Å². The molecule has 6 rings (SSSR count). The van der Waals surface area contributed by atoms with Crippen LogP contribution in [0, 0.1) is 11.8 Å². The minimum atomic E-state index is -1.71. The number of benzene rings is 1. The van der Waals surface area contributed by atoms with Gasteiger partial charge in [-0.25, -0.2) is 4.79 Å². The molecule has 3 saturated heterocycles. The van der Waals surface area contributed by atoms with Crippen LogP contribution in [0.5, 0.6) is 5.75 Å². The van der Waals surface area contributed by atoms with Crippen molar-refractivity contribution < 1.29 is 82.9 Å². The zero-order valence-electron chi connectivity index (χ0n) is 27.4. The molecule has 4 aliphatic heterocycles. The van der Waals surface area contributed by atoms with E-state index in [1.807, 2.05) is 0 Å². The van der Waals surface area contributed by atoms with E-state index in [1.54, 1.807) is 37.3 Å². The van der Waals surface area contributed by atoms with Crippen LogP contribution in [0.2, 0.25) is 0 Å². The van der Waals surface area contributed by atoms with Gasteiger partial charge in [0.25, 0.3) is 0 Å². The lowest BCUT2D eigenvalue weighted by molar-refractivity contribution is -0.347. The van der Waals surface area contributed by atoms with Crippen LogP contribution in [0.15, 0.2) is 42.7 Å². The molecular formula is C33H42O17. The first-order valence-corrected chi connectivity index (χ1v) is 16.2. The topological polar surface area (TPSA) is 242 Å². The molecule has 17 heteroatoms. The Labute approximate surface area is 286 Å². The number of methoxy groups -OCH3 is 1. The number of aliphatic hydroxyl groups excluding tert-OH is 6. The highest BCUT2D eigenvalue weighted by atomic mass is 16.8. The summed E-state index contributed by atoms with van der Waals surface area (Å²) in [5.74, 6) is -2.26. The third-order valence-corrected chi connectivity index (χ3v) is 9.72. The van der Waals surface area contributed by atoms with Gasteiger partial charge in [-0.3, -0.25) is 4.79 Å². The second kappa shape index (κ2) is 14.8. The first-order valence-electron chi connectivity index (χ1n) is 16.2. The maximum Gasteiger partial charge on any atom is 0.331 e. The fraction of sp³-hybridized carbons (Fsp3) is 0.636. The minimum Gasteiger partial charge on any atom is -0.497 e. The lowest BCUT2D eigenvalue weighted by Gasteiger charge is -2.44. The van der Waals surface area contributed by atoms with Gasteiger partial charge in [-0.05, 0) is 36.8 Å². The Morgan fingerprint density at radius 1 is 0.880 bits per heavy atom. The molecule has 0 radical (unpaired) electrons. The lowest BCUT2D eigenvalue weighted by Crippen LogP contribution is -2.61. The molecule has 4 heterocycles. The van der Waals surface area contributed by atoms with Crippen molar-refractivity contribution in [2.45, 2.75) is 99.4 Å². The summed E-state index contributed by atoms with van der Waals surface area (Å²) in [5, 5.41) is 62.3. The van der Waals surface area contributed by atoms with Gasteiger partial charge in [-0.1, -0.05) is 12.1 Å². The predicted octanol–water partition coefficient (Wildman–Crippen LogP) is -1.89. The Kier molecular flexibility index (Phi) is 10.8. The number of carbonyl (C=O) groups excluding carboxylic acids is 2. The van der Waals surface area contributed by atoms with Crippen molar-refractivity contribution in [3.8, 4) is 5.75 Å². The second-order valence-electron chi connectivity index (χ2n) is 12.8. The van der Waals surface area contributed by atoms with E-state index in [0.29, 0.717) is 11.3 Å². The Bertz CT molecular complexity index is 1420. The molecule has 4 fully saturated rings. The van der Waals surface area contributed by atoms with E-state index in [1.165, 1.54) is 25.5 Å². The molecule has 5 aliphatic rings. The van der Waals surface area contributed by atoms with E-state index in [0.717, 1.165) is 6.92 Å². The Hall–Kier alpha value is -3.20. The lowest BCUT2D eigenvalue weighted by atomic mass is 9.85. The average Bonchev–Trinajstić information content (AvgIpc) is 3.78. The third-order valence-electron chi connectivity index (χ3n) is 9.72. The van der Waals surface area contributed by atoms with Crippen LogP contribution in [0.3, 0.4) is 0 Å². The molecule has 0 spiro atoms. The summed E-state index contributed by atoms with van der Waals surface area (Å²) in [6.07, 6.45) is -11.5. The summed E-state index contributed by atoms with van der Waals surface area (Å²) in [6, 6.07) is 6.93. The summed E-state index contributed by atoms with van der Waals surface area (Å²) in [6.45, 7) is 1.52. The van der Waals surface area contributed by atoms with Crippen LogP contribution in [0.4, 0.5) is 0 Å². The van der Waals surface area contributed by atoms with Gasteiger partial charge in [0, 0.05) is 18.9 Å². The number of fused-ring (bicyclic) bond motifs is 3. The summed E-state index contributed by atoms with van der Waals surface area (Å²) in [4.78, 5) is 24.9. The summed E-state index contributed by atoms with van der Waals surface area (Å²) in [7, 11) is 1.54. The Morgan fingerprint density at radius 2 is 1.62 bits per heavy atom. The number of carbonyl (C=O) groups is 2. The SMILES string of the molecule is COc1ccc(/C=C/C(=O)O[C@@H]2[C@H](O)[C@H](OC(C)=O)[C@@H](O[C@@H]3[C@H]4C=CO[C@H](O[C@@H]5O[C@H](CO)[C@@H](O)[C@H](O)[C@@H]5O)[C@H]4[C@@]4(CO)O[C@@H]34)O[C@H]2C)cc1. The Balaban J connectivity index is 1.15. The van der Waals surface area contributed by atoms with Crippen molar-refractivity contribution in [3.63, 3.8) is 0 Å². The zero-order chi connectivity index (χ0) is 35.9. The average molecular weight is 711 g/mol. The van der Waals surface area contributed by atoms with Crippen LogP contribution in [0.1, 0.15) is 19.4 Å². The molecule has 1 saturated carbocycles. The fourth-order valence-corrected chi connectivity index (χ4v) is 7.10. The van der Waals surface area contributed by atoms with Gasteiger partial charge in [0.1, 0.15) is 48.0 Å². The molecule has 17 nitrogen and oxygen atoms in total. The van der Waals surface area contributed by atoms with E-state index in [9.17, 15) is 40.2 Å². The Morgan fingerprint density at radius 3 is 2.28 bits per heavy atom. The van der Waals surface area contributed by atoms with Crippen LogP contribution in [0.25, 0.3) is 6.08 Å². The van der Waals surface area contributed by atoms with Gasteiger partial charge in [0.15, 0.2) is 24.8 Å². The van der Waals surface area contributed by atoms with Crippen molar-refractivity contribution in [2.24, 2.45) is 11.8 Å². The third kappa shape index (κ3) is 6.88. The number of ether oxygens (including phenoxy) is 9. The van der Waals surface area contributed by atoms with Crippen LogP contribution < -0.4 is 4.74 Å². The molecule has 276 valence electrons. The summed E-state index contributed by atoms with van der Waals surface area (Å²) >= 11 is 0. The summed E-state index contributed by atoms with van der Waals surface area (Å²) < 4.78 is 51.5. The molecule has 1 aliphatic carbocycles. The molecule has 0 unspecified atom stereocenters. The van der Waals surface area contributed by atoms with Crippen LogP contribution >= 0.6 is 0 Å². The monoisotopic (exact) mass is 710 g/mol. The van der Waals surface area contributed by atoms with Gasteiger partial charge in [0.05, 0.1) is 44.7 Å². The number of epoxide rings is 1.